The molecule has 160 valence electrons. The highest BCUT2D eigenvalue weighted by Crippen LogP contribution is 2.46. The number of aromatic nitrogens is 1. The van der Waals surface area contributed by atoms with E-state index in [2.05, 4.69) is 21.4 Å². The second-order valence-electron chi connectivity index (χ2n) is 7.77. The molecule has 7 nitrogen and oxygen atoms in total. The van der Waals surface area contributed by atoms with Gasteiger partial charge in [0.05, 0.1) is 22.9 Å². The zero-order chi connectivity index (χ0) is 21.5. The number of para-hydroxylation sites is 1. The summed E-state index contributed by atoms with van der Waals surface area (Å²) in [4.78, 5) is 4.71. The Morgan fingerprint density at radius 2 is 1.71 bits per heavy atom. The lowest BCUT2D eigenvalue weighted by atomic mass is 10.0. The van der Waals surface area contributed by atoms with E-state index in [-0.39, 0.29) is 0 Å². The predicted octanol–water partition coefficient (Wildman–Crippen LogP) is 4.06. The molecule has 5 rings (SSSR count). The lowest BCUT2D eigenvalue weighted by Crippen LogP contribution is -2.31. The molecule has 2 aliphatic rings. The summed E-state index contributed by atoms with van der Waals surface area (Å²) in [5.41, 5.74) is 7.33. The molecular weight excluding hydrogens is 460 g/mol. The molecule has 0 spiro atoms. The molecule has 3 heterocycles. The van der Waals surface area contributed by atoms with Crippen molar-refractivity contribution in [2.24, 2.45) is 4.99 Å². The van der Waals surface area contributed by atoms with Crippen LogP contribution in [0, 0.1) is 0 Å². The Morgan fingerprint density at radius 1 is 1.03 bits per heavy atom. The third kappa shape index (κ3) is 3.55. The number of halogens is 1. The van der Waals surface area contributed by atoms with Crippen molar-refractivity contribution in [3.05, 3.63) is 70.8 Å². The van der Waals surface area contributed by atoms with E-state index in [1.807, 2.05) is 70.2 Å². The maximum atomic E-state index is 10.6. The minimum absolute atomic E-state index is 0.478. The Kier molecular flexibility index (Phi) is 5.31. The zero-order valence-electron chi connectivity index (χ0n) is 16.9. The first-order chi connectivity index (χ1) is 15.0. The van der Waals surface area contributed by atoms with Crippen molar-refractivity contribution in [3.63, 3.8) is 0 Å². The smallest absolute Gasteiger partial charge is 0.165 e. The molecule has 1 aromatic heterocycles. The van der Waals surface area contributed by atoms with Crippen molar-refractivity contribution in [1.82, 2.24) is 9.58 Å². The summed E-state index contributed by atoms with van der Waals surface area (Å²) in [6.45, 7) is 2.31. The Hall–Kier alpha value is -2.65. The third-order valence-electron chi connectivity index (χ3n) is 5.71. The second kappa shape index (κ2) is 8.12. The van der Waals surface area contributed by atoms with Crippen LogP contribution in [0.3, 0.4) is 0 Å². The maximum Gasteiger partial charge on any atom is 0.165 e. The summed E-state index contributed by atoms with van der Waals surface area (Å²) in [6, 6.07) is 20.0. The van der Waals surface area contributed by atoms with E-state index in [1.165, 1.54) is 0 Å². The van der Waals surface area contributed by atoms with E-state index in [1.54, 1.807) is 13.3 Å². The number of hydrogen-bond donors (Lipinski definition) is 3. The number of hydrogen-bond acceptors (Lipinski definition) is 6. The number of aliphatic hydroxyl groups excluding tert-OH is 2. The molecule has 3 N–H and O–H groups in total. The fourth-order valence-corrected chi connectivity index (χ4v) is 4.98. The van der Waals surface area contributed by atoms with Crippen LogP contribution >= 0.6 is 15.9 Å². The monoisotopic (exact) mass is 482 g/mol. The van der Waals surface area contributed by atoms with Gasteiger partial charge in [-0.15, -0.1) is 0 Å². The van der Waals surface area contributed by atoms with Crippen LogP contribution in [0.1, 0.15) is 18.7 Å². The summed E-state index contributed by atoms with van der Waals surface area (Å²) in [5, 5.41) is 22.8. The van der Waals surface area contributed by atoms with Gasteiger partial charge in [0.2, 0.25) is 0 Å². The molecule has 3 aromatic rings. The Morgan fingerprint density at radius 3 is 2.35 bits per heavy atom. The third-order valence-corrected chi connectivity index (χ3v) is 6.48. The van der Waals surface area contributed by atoms with E-state index in [4.69, 9.17) is 9.73 Å². The molecule has 0 amide bonds. The lowest BCUT2D eigenvalue weighted by molar-refractivity contribution is -0.0321. The summed E-state index contributed by atoms with van der Waals surface area (Å²) >= 11 is 3.74. The summed E-state index contributed by atoms with van der Waals surface area (Å²) < 4.78 is 8.52. The van der Waals surface area contributed by atoms with Gasteiger partial charge in [-0.2, -0.15) is 0 Å². The highest BCUT2D eigenvalue weighted by atomic mass is 79.9. The molecule has 0 bridgehead atoms. The van der Waals surface area contributed by atoms with Crippen LogP contribution in [-0.4, -0.2) is 44.4 Å². The minimum Gasteiger partial charge on any atom is -0.388 e. The van der Waals surface area contributed by atoms with Gasteiger partial charge in [-0.3, -0.25) is 15.0 Å². The summed E-state index contributed by atoms with van der Waals surface area (Å²) in [7, 11) is 0. The van der Waals surface area contributed by atoms with Crippen LogP contribution in [0.25, 0.3) is 11.1 Å². The van der Waals surface area contributed by atoms with Crippen molar-refractivity contribution in [2.75, 3.05) is 5.43 Å². The number of ether oxygens (including phenoxy) is 1. The zero-order valence-corrected chi connectivity index (χ0v) is 18.5. The molecule has 2 aliphatic heterocycles. The number of nitrogens with zero attached hydrogens (tertiary/aromatic N) is 3. The molecule has 2 aromatic carbocycles. The minimum atomic E-state index is -1.05. The largest absolute Gasteiger partial charge is 0.388 e. The molecule has 0 saturated carbocycles. The van der Waals surface area contributed by atoms with Gasteiger partial charge < -0.3 is 14.9 Å². The number of nitrogens with one attached hydrogen (secondary N) is 1. The van der Waals surface area contributed by atoms with Gasteiger partial charge >= 0.3 is 0 Å². The van der Waals surface area contributed by atoms with E-state index in [0.29, 0.717) is 12.4 Å². The number of benzene rings is 2. The van der Waals surface area contributed by atoms with Crippen LogP contribution in [-0.2, 0) is 11.3 Å². The maximum absolute atomic E-state index is 10.6. The number of fused-ring (bicyclic) bond motifs is 1. The normalized spacial score (nSPS) is 25.0. The number of rotatable bonds is 4. The first-order valence-electron chi connectivity index (χ1n) is 10.2. The highest BCUT2D eigenvalue weighted by molar-refractivity contribution is 9.10. The van der Waals surface area contributed by atoms with E-state index in [9.17, 15) is 10.2 Å². The van der Waals surface area contributed by atoms with E-state index < -0.39 is 24.5 Å². The Labute approximate surface area is 188 Å². The fraction of sp³-hybridized carbons (Fsp3) is 0.261. The van der Waals surface area contributed by atoms with Crippen LogP contribution in [0.2, 0.25) is 0 Å². The van der Waals surface area contributed by atoms with E-state index in [0.717, 1.165) is 27.0 Å². The molecule has 31 heavy (non-hydrogen) atoms. The molecule has 8 heteroatoms. The van der Waals surface area contributed by atoms with Gasteiger partial charge in [-0.25, -0.2) is 4.99 Å². The lowest BCUT2D eigenvalue weighted by Gasteiger charge is -2.26. The molecule has 1 saturated heterocycles. The van der Waals surface area contributed by atoms with Gasteiger partial charge in [0.1, 0.15) is 24.4 Å². The molecular formula is C23H23BrN4O3. The molecule has 1 fully saturated rings. The van der Waals surface area contributed by atoms with Crippen LogP contribution in [0.4, 0.5) is 11.5 Å². The highest BCUT2D eigenvalue weighted by Gasteiger charge is 2.44. The van der Waals surface area contributed by atoms with Crippen molar-refractivity contribution >= 4 is 33.8 Å². The quantitative estimate of drug-likeness (QED) is 0.522. The van der Waals surface area contributed by atoms with Gasteiger partial charge in [-0.05, 0) is 40.5 Å². The van der Waals surface area contributed by atoms with Crippen molar-refractivity contribution in [3.8, 4) is 11.1 Å². The first kappa shape index (κ1) is 20.3. The summed E-state index contributed by atoms with van der Waals surface area (Å²) in [6.07, 6.45) is -1.50. The number of hydrazine groups is 1. The molecule has 4 atom stereocenters. The van der Waals surface area contributed by atoms with Gasteiger partial charge in [0.15, 0.2) is 6.23 Å². The Bertz CT molecular complexity index is 1100. The standard InChI is InChI=1S/C23H23BrN4O3/c1-14-19(29)20(30)23(31-14)28-21(24)18(15-8-4-2-5-9-15)17-12-27(13-25-22(17)28)26-16-10-6-3-7-11-16/h2-11,13-14,19-20,23,26,29-30H,12H2,1H3/t14-,19-,20-,23-/m1/s1. The van der Waals surface area contributed by atoms with Crippen molar-refractivity contribution in [2.45, 2.75) is 38.0 Å². The predicted molar refractivity (Wildman–Crippen MR) is 123 cm³/mol. The average Bonchev–Trinajstić information content (AvgIpc) is 3.21. The molecule has 0 unspecified atom stereocenters. The van der Waals surface area contributed by atoms with E-state index >= 15 is 0 Å². The first-order valence-corrected chi connectivity index (χ1v) is 11.0. The number of aliphatic hydroxyl groups is 2. The topological polar surface area (TPSA) is 82.2 Å². The molecule has 0 radical (unpaired) electrons. The fourth-order valence-electron chi connectivity index (χ4n) is 4.14. The van der Waals surface area contributed by atoms with Crippen LogP contribution < -0.4 is 5.43 Å². The van der Waals surface area contributed by atoms with Crippen molar-refractivity contribution in [1.29, 1.82) is 0 Å². The summed E-state index contributed by atoms with van der Waals surface area (Å²) in [5.74, 6) is 0.696. The second-order valence-corrected chi connectivity index (χ2v) is 8.52. The Balaban J connectivity index is 1.59. The van der Waals surface area contributed by atoms with Crippen LogP contribution in [0.15, 0.2) is 70.3 Å². The van der Waals surface area contributed by atoms with Gasteiger partial charge in [-0.1, -0.05) is 48.5 Å². The van der Waals surface area contributed by atoms with Gasteiger partial charge in [0, 0.05) is 11.1 Å². The number of anilines is 1. The van der Waals surface area contributed by atoms with Crippen molar-refractivity contribution < 1.29 is 14.9 Å². The SMILES string of the molecule is C[C@H]1O[C@@H](n2c(Br)c(-c3ccccc3)c3c2N=CN(Nc2ccccc2)C3)[C@H](O)[C@@H]1O. The average molecular weight is 483 g/mol. The van der Waals surface area contributed by atoms with Gasteiger partial charge in [0.25, 0.3) is 0 Å². The van der Waals surface area contributed by atoms with Crippen LogP contribution in [0.5, 0.6) is 0 Å². The number of aliphatic imine (C=N–C) groups is 1. The molecule has 0 aliphatic carbocycles.